The van der Waals surface area contributed by atoms with Crippen LogP contribution in [0.1, 0.15) is 32.1 Å². The molecule has 5 heteroatoms. The van der Waals surface area contributed by atoms with E-state index >= 15 is 0 Å². The van der Waals surface area contributed by atoms with Crippen molar-refractivity contribution in [1.29, 1.82) is 0 Å². The number of aliphatic carboxylic acids is 1. The summed E-state index contributed by atoms with van der Waals surface area (Å²) < 4.78 is 0. The van der Waals surface area contributed by atoms with E-state index in [1.54, 1.807) is 16.8 Å². The average molecular weight is 242 g/mol. The highest BCUT2D eigenvalue weighted by Crippen LogP contribution is 2.26. The number of nitrogens with zero attached hydrogens (tertiary/aromatic N) is 2. The molecule has 98 valence electrons. The Balaban J connectivity index is 2.21. The average Bonchev–Trinajstić information content (AvgIpc) is 2.21. The van der Waals surface area contributed by atoms with Crippen LogP contribution in [-0.2, 0) is 4.79 Å². The number of rotatable bonds is 6. The van der Waals surface area contributed by atoms with Crippen LogP contribution in [0.2, 0.25) is 0 Å². The van der Waals surface area contributed by atoms with Crippen LogP contribution in [0.4, 0.5) is 4.79 Å². The molecule has 1 fully saturated rings. The van der Waals surface area contributed by atoms with E-state index in [-0.39, 0.29) is 12.5 Å². The van der Waals surface area contributed by atoms with E-state index < -0.39 is 5.97 Å². The molecular formula is C12H22N2O3. The van der Waals surface area contributed by atoms with Gasteiger partial charge in [-0.3, -0.25) is 4.79 Å². The first kappa shape index (κ1) is 13.8. The molecule has 2 amide bonds. The number of carboxylic acids is 1. The minimum Gasteiger partial charge on any atom is -0.481 e. The van der Waals surface area contributed by atoms with E-state index in [2.05, 4.69) is 0 Å². The molecule has 0 aliphatic heterocycles. The van der Waals surface area contributed by atoms with Crippen molar-refractivity contribution in [3.05, 3.63) is 0 Å². The van der Waals surface area contributed by atoms with Crippen molar-refractivity contribution in [2.75, 3.05) is 27.2 Å². The van der Waals surface area contributed by atoms with Gasteiger partial charge in [-0.05, 0) is 25.2 Å². The second kappa shape index (κ2) is 6.47. The Kier molecular flexibility index (Phi) is 5.25. The minimum atomic E-state index is -0.811. The van der Waals surface area contributed by atoms with Crippen molar-refractivity contribution in [1.82, 2.24) is 9.80 Å². The van der Waals surface area contributed by atoms with Crippen LogP contribution in [0.3, 0.4) is 0 Å². The molecule has 0 saturated heterocycles. The second-order valence-corrected chi connectivity index (χ2v) is 4.88. The lowest BCUT2D eigenvalue weighted by molar-refractivity contribution is -0.137. The molecule has 0 aromatic heterocycles. The summed E-state index contributed by atoms with van der Waals surface area (Å²) in [5.74, 6) is -0.148. The van der Waals surface area contributed by atoms with Gasteiger partial charge in [-0.2, -0.15) is 0 Å². The molecule has 0 heterocycles. The van der Waals surface area contributed by atoms with Gasteiger partial charge >= 0.3 is 12.0 Å². The Labute approximate surface area is 102 Å². The normalized spacial score (nSPS) is 15.2. The minimum absolute atomic E-state index is 0.0118. The highest BCUT2D eigenvalue weighted by atomic mass is 16.4. The Morgan fingerprint density at radius 2 is 1.88 bits per heavy atom. The zero-order valence-corrected chi connectivity index (χ0v) is 10.7. The molecule has 0 aromatic rings. The summed E-state index contributed by atoms with van der Waals surface area (Å²) in [4.78, 5) is 25.6. The molecule has 1 aliphatic rings. The number of urea groups is 1. The quantitative estimate of drug-likeness (QED) is 0.770. The van der Waals surface area contributed by atoms with E-state index in [0.717, 1.165) is 6.54 Å². The maximum Gasteiger partial charge on any atom is 0.319 e. The van der Waals surface area contributed by atoms with Crippen molar-refractivity contribution < 1.29 is 14.7 Å². The fourth-order valence-electron chi connectivity index (χ4n) is 2.00. The SMILES string of the molecule is CN(CCCC(=O)O)C(=O)N(C)CC1CCC1. The van der Waals surface area contributed by atoms with Crippen molar-refractivity contribution in [2.24, 2.45) is 5.92 Å². The summed E-state index contributed by atoms with van der Waals surface area (Å²) in [7, 11) is 3.54. The maximum atomic E-state index is 11.9. The number of carboxylic acid groups (broad SMARTS) is 1. The summed E-state index contributed by atoms with van der Waals surface area (Å²) in [6.45, 7) is 1.32. The predicted molar refractivity (Wildman–Crippen MR) is 64.9 cm³/mol. The van der Waals surface area contributed by atoms with Gasteiger partial charge < -0.3 is 14.9 Å². The molecule has 1 N–H and O–H groups in total. The highest BCUT2D eigenvalue weighted by molar-refractivity contribution is 5.74. The Morgan fingerprint density at radius 3 is 2.35 bits per heavy atom. The van der Waals surface area contributed by atoms with Crippen LogP contribution in [0.5, 0.6) is 0 Å². The highest BCUT2D eigenvalue weighted by Gasteiger charge is 2.22. The van der Waals surface area contributed by atoms with Crippen molar-refractivity contribution in [2.45, 2.75) is 32.1 Å². The van der Waals surface area contributed by atoms with Gasteiger partial charge in [-0.25, -0.2) is 4.79 Å². The molecule has 0 atom stereocenters. The lowest BCUT2D eigenvalue weighted by Crippen LogP contribution is -2.42. The van der Waals surface area contributed by atoms with Gasteiger partial charge in [-0.15, -0.1) is 0 Å². The van der Waals surface area contributed by atoms with Gasteiger partial charge in [0, 0.05) is 33.6 Å². The van der Waals surface area contributed by atoms with Gasteiger partial charge in [0.15, 0.2) is 0 Å². The second-order valence-electron chi connectivity index (χ2n) is 4.88. The van der Waals surface area contributed by atoms with Crippen molar-refractivity contribution in [3.8, 4) is 0 Å². The number of hydrogen-bond acceptors (Lipinski definition) is 2. The fraction of sp³-hybridized carbons (Fsp3) is 0.833. The summed E-state index contributed by atoms with van der Waals surface area (Å²) in [6, 6.07) is -0.0118. The predicted octanol–water partition coefficient (Wildman–Crippen LogP) is 1.63. The number of hydrogen-bond donors (Lipinski definition) is 1. The number of amides is 2. The van der Waals surface area contributed by atoms with E-state index in [0.29, 0.717) is 18.9 Å². The molecule has 1 saturated carbocycles. The van der Waals surface area contributed by atoms with Gasteiger partial charge in [0.05, 0.1) is 0 Å². The molecule has 5 nitrogen and oxygen atoms in total. The zero-order valence-electron chi connectivity index (χ0n) is 10.7. The molecule has 0 bridgehead atoms. The topological polar surface area (TPSA) is 60.9 Å². The van der Waals surface area contributed by atoms with E-state index in [1.165, 1.54) is 19.3 Å². The monoisotopic (exact) mass is 242 g/mol. The van der Waals surface area contributed by atoms with E-state index in [1.807, 2.05) is 7.05 Å². The Morgan fingerprint density at radius 1 is 1.24 bits per heavy atom. The summed E-state index contributed by atoms with van der Waals surface area (Å²) >= 11 is 0. The van der Waals surface area contributed by atoms with Crippen LogP contribution in [-0.4, -0.2) is 54.1 Å². The molecule has 1 rings (SSSR count). The van der Waals surface area contributed by atoms with Gasteiger partial charge in [-0.1, -0.05) is 6.42 Å². The Bertz CT molecular complexity index is 277. The van der Waals surface area contributed by atoms with Crippen LogP contribution in [0, 0.1) is 5.92 Å². The fourth-order valence-corrected chi connectivity index (χ4v) is 2.00. The van der Waals surface area contributed by atoms with Crippen LogP contribution in [0.25, 0.3) is 0 Å². The van der Waals surface area contributed by atoms with Crippen molar-refractivity contribution >= 4 is 12.0 Å². The lowest BCUT2D eigenvalue weighted by Gasteiger charge is -2.32. The lowest BCUT2D eigenvalue weighted by atomic mass is 9.85. The van der Waals surface area contributed by atoms with E-state index in [9.17, 15) is 9.59 Å². The third-order valence-corrected chi connectivity index (χ3v) is 3.29. The van der Waals surface area contributed by atoms with Gasteiger partial charge in [0.2, 0.25) is 0 Å². The summed E-state index contributed by atoms with van der Waals surface area (Å²) in [5, 5.41) is 8.52. The molecule has 1 aliphatic carbocycles. The largest absolute Gasteiger partial charge is 0.481 e. The first-order valence-corrected chi connectivity index (χ1v) is 6.18. The third kappa shape index (κ3) is 4.63. The van der Waals surface area contributed by atoms with Crippen LogP contribution >= 0.6 is 0 Å². The standard InChI is InChI=1S/C12H22N2O3/c1-13(8-4-7-11(15)16)12(17)14(2)9-10-5-3-6-10/h10H,3-9H2,1-2H3,(H,15,16). The molecule has 0 spiro atoms. The Hall–Kier alpha value is -1.26. The molecular weight excluding hydrogens is 220 g/mol. The zero-order chi connectivity index (χ0) is 12.8. The van der Waals surface area contributed by atoms with Crippen LogP contribution in [0.15, 0.2) is 0 Å². The van der Waals surface area contributed by atoms with Gasteiger partial charge in [0.25, 0.3) is 0 Å². The number of carbonyl (C=O) groups is 2. The number of carbonyl (C=O) groups excluding carboxylic acids is 1. The first-order valence-electron chi connectivity index (χ1n) is 6.18. The maximum absolute atomic E-state index is 11.9. The smallest absolute Gasteiger partial charge is 0.319 e. The molecule has 17 heavy (non-hydrogen) atoms. The van der Waals surface area contributed by atoms with Crippen molar-refractivity contribution in [3.63, 3.8) is 0 Å². The summed E-state index contributed by atoms with van der Waals surface area (Å²) in [5.41, 5.74) is 0. The van der Waals surface area contributed by atoms with Crippen LogP contribution < -0.4 is 0 Å². The molecule has 0 unspecified atom stereocenters. The first-order chi connectivity index (χ1) is 8.00. The summed E-state index contributed by atoms with van der Waals surface area (Å²) in [6.07, 6.45) is 4.35. The molecule has 0 radical (unpaired) electrons. The van der Waals surface area contributed by atoms with E-state index in [4.69, 9.17) is 5.11 Å². The van der Waals surface area contributed by atoms with Gasteiger partial charge in [0.1, 0.15) is 0 Å². The third-order valence-electron chi connectivity index (χ3n) is 3.29. The molecule has 0 aromatic carbocycles.